The van der Waals surface area contributed by atoms with E-state index in [2.05, 4.69) is 4.90 Å². The summed E-state index contributed by atoms with van der Waals surface area (Å²) >= 11 is 0. The van der Waals surface area contributed by atoms with Crippen LogP contribution in [-0.2, 0) is 10.3 Å². The van der Waals surface area contributed by atoms with Crippen LogP contribution < -0.4 is 4.74 Å². The number of nitrogens with zero attached hydrogens (tertiary/aromatic N) is 1. The van der Waals surface area contributed by atoms with Crippen LogP contribution >= 0.6 is 0 Å². The van der Waals surface area contributed by atoms with Crippen molar-refractivity contribution in [1.29, 1.82) is 0 Å². The molecule has 0 aliphatic carbocycles. The van der Waals surface area contributed by atoms with Gasteiger partial charge in [0, 0.05) is 19.6 Å². The van der Waals surface area contributed by atoms with Crippen molar-refractivity contribution in [2.45, 2.75) is 12.5 Å². The summed E-state index contributed by atoms with van der Waals surface area (Å²) in [5.41, 5.74) is 0.0682. The molecular weight excluding hydrogens is 230 g/mol. The van der Waals surface area contributed by atoms with Crippen LogP contribution in [0.1, 0.15) is 12.5 Å². The second kappa shape index (κ2) is 5.69. The number of methoxy groups -OCH3 is 1. The van der Waals surface area contributed by atoms with Gasteiger partial charge in [-0.05, 0) is 24.6 Å². The van der Waals surface area contributed by atoms with E-state index < -0.39 is 5.60 Å². The van der Waals surface area contributed by atoms with Gasteiger partial charge in [-0.15, -0.1) is 0 Å². The lowest BCUT2D eigenvalue weighted by molar-refractivity contribution is -0.0254. The predicted octanol–water partition coefficient (Wildman–Crippen LogP) is 1.23. The number of hydrogen-bond acceptors (Lipinski definition) is 4. The lowest BCUT2D eigenvalue weighted by Crippen LogP contribution is -2.44. The molecule has 1 fully saturated rings. The van der Waals surface area contributed by atoms with Crippen LogP contribution in [0.2, 0.25) is 0 Å². The Hall–Kier alpha value is -1.10. The first-order chi connectivity index (χ1) is 8.62. The van der Waals surface area contributed by atoms with Crippen molar-refractivity contribution in [2.75, 3.05) is 40.0 Å². The molecule has 1 aliphatic heterocycles. The molecule has 100 valence electrons. The number of hydrogen-bond donors (Lipinski definition) is 1. The van der Waals surface area contributed by atoms with E-state index in [0.717, 1.165) is 37.6 Å². The first-order valence-electron chi connectivity index (χ1n) is 6.29. The molecule has 2 rings (SSSR count). The van der Waals surface area contributed by atoms with Crippen molar-refractivity contribution in [3.8, 4) is 5.75 Å². The highest BCUT2D eigenvalue weighted by molar-refractivity contribution is 5.30. The maximum absolute atomic E-state index is 10.6. The number of ether oxygens (including phenoxy) is 2. The molecule has 0 amide bonds. The van der Waals surface area contributed by atoms with E-state index >= 15 is 0 Å². The second-order valence-corrected chi connectivity index (χ2v) is 4.89. The smallest absolute Gasteiger partial charge is 0.118 e. The van der Waals surface area contributed by atoms with E-state index in [9.17, 15) is 5.11 Å². The first kappa shape index (κ1) is 13.3. The van der Waals surface area contributed by atoms with Crippen LogP contribution in [0.25, 0.3) is 0 Å². The van der Waals surface area contributed by atoms with E-state index in [4.69, 9.17) is 9.47 Å². The molecule has 0 radical (unpaired) electrons. The molecule has 0 aromatic heterocycles. The van der Waals surface area contributed by atoms with E-state index in [1.165, 1.54) is 0 Å². The van der Waals surface area contributed by atoms with Gasteiger partial charge in [0.05, 0.1) is 25.9 Å². The molecule has 0 spiro atoms. The molecule has 1 aliphatic rings. The Bertz CT molecular complexity index is 369. The Morgan fingerprint density at radius 3 is 2.44 bits per heavy atom. The topological polar surface area (TPSA) is 41.9 Å². The van der Waals surface area contributed by atoms with Crippen molar-refractivity contribution in [3.63, 3.8) is 0 Å². The summed E-state index contributed by atoms with van der Waals surface area (Å²) in [5, 5.41) is 10.6. The van der Waals surface area contributed by atoms with Gasteiger partial charge in [-0.25, -0.2) is 0 Å². The molecule has 1 heterocycles. The third-order valence-electron chi connectivity index (χ3n) is 3.35. The highest BCUT2D eigenvalue weighted by Crippen LogP contribution is 2.24. The van der Waals surface area contributed by atoms with Gasteiger partial charge in [0.1, 0.15) is 5.75 Å². The van der Waals surface area contributed by atoms with Gasteiger partial charge in [-0.2, -0.15) is 0 Å². The molecule has 1 saturated heterocycles. The Labute approximate surface area is 108 Å². The summed E-state index contributed by atoms with van der Waals surface area (Å²) < 4.78 is 10.4. The maximum Gasteiger partial charge on any atom is 0.118 e. The standard InChI is InChI=1S/C14H21NO3/c1-14(16,11-15-7-9-18-10-8-15)12-3-5-13(17-2)6-4-12/h3-6,16H,7-11H2,1-2H3. The fourth-order valence-corrected chi connectivity index (χ4v) is 2.24. The number of aliphatic hydroxyl groups is 1. The fourth-order valence-electron chi connectivity index (χ4n) is 2.24. The van der Waals surface area contributed by atoms with E-state index in [1.807, 2.05) is 31.2 Å². The van der Waals surface area contributed by atoms with Gasteiger partial charge < -0.3 is 14.6 Å². The van der Waals surface area contributed by atoms with Gasteiger partial charge in [0.2, 0.25) is 0 Å². The highest BCUT2D eigenvalue weighted by Gasteiger charge is 2.27. The molecule has 1 atom stereocenters. The zero-order valence-electron chi connectivity index (χ0n) is 11.1. The second-order valence-electron chi connectivity index (χ2n) is 4.89. The van der Waals surface area contributed by atoms with Crippen molar-refractivity contribution in [1.82, 2.24) is 4.90 Å². The van der Waals surface area contributed by atoms with Crippen molar-refractivity contribution in [3.05, 3.63) is 29.8 Å². The Balaban J connectivity index is 2.03. The minimum Gasteiger partial charge on any atom is -0.497 e. The van der Waals surface area contributed by atoms with E-state index in [1.54, 1.807) is 7.11 Å². The normalized spacial score (nSPS) is 20.4. The van der Waals surface area contributed by atoms with Gasteiger partial charge >= 0.3 is 0 Å². The SMILES string of the molecule is COc1ccc(C(C)(O)CN2CCOCC2)cc1. The summed E-state index contributed by atoms with van der Waals surface area (Å²) in [6, 6.07) is 7.59. The summed E-state index contributed by atoms with van der Waals surface area (Å²) in [6.45, 7) is 5.74. The van der Waals surface area contributed by atoms with E-state index in [-0.39, 0.29) is 0 Å². The van der Waals surface area contributed by atoms with Crippen LogP contribution in [-0.4, -0.2) is 50.0 Å². The minimum atomic E-state index is -0.844. The largest absolute Gasteiger partial charge is 0.497 e. The number of rotatable bonds is 4. The predicted molar refractivity (Wildman–Crippen MR) is 69.8 cm³/mol. The lowest BCUT2D eigenvalue weighted by atomic mass is 9.95. The van der Waals surface area contributed by atoms with Crippen molar-refractivity contribution >= 4 is 0 Å². The van der Waals surface area contributed by atoms with Gasteiger partial charge in [0.25, 0.3) is 0 Å². The lowest BCUT2D eigenvalue weighted by Gasteiger charge is -2.34. The molecule has 4 heteroatoms. The highest BCUT2D eigenvalue weighted by atomic mass is 16.5. The molecule has 0 bridgehead atoms. The van der Waals surface area contributed by atoms with Crippen LogP contribution in [0.15, 0.2) is 24.3 Å². The maximum atomic E-state index is 10.6. The van der Waals surface area contributed by atoms with Crippen LogP contribution in [0, 0.1) is 0 Å². The number of morpholine rings is 1. The summed E-state index contributed by atoms with van der Waals surface area (Å²) in [4.78, 5) is 2.23. The van der Waals surface area contributed by atoms with Crippen LogP contribution in [0.3, 0.4) is 0 Å². The Morgan fingerprint density at radius 2 is 1.89 bits per heavy atom. The number of β-amino-alcohol motifs (C(OH)–C–C–N with tert-alkyl or cyclic N) is 1. The third-order valence-corrected chi connectivity index (χ3v) is 3.35. The zero-order valence-corrected chi connectivity index (χ0v) is 11.1. The first-order valence-corrected chi connectivity index (χ1v) is 6.29. The molecule has 1 aromatic rings. The minimum absolute atomic E-state index is 0.628. The van der Waals surface area contributed by atoms with Crippen molar-refractivity contribution in [2.24, 2.45) is 0 Å². The summed E-state index contributed by atoms with van der Waals surface area (Å²) in [7, 11) is 1.64. The Morgan fingerprint density at radius 1 is 1.28 bits per heavy atom. The molecule has 1 unspecified atom stereocenters. The molecule has 0 saturated carbocycles. The summed E-state index contributed by atoms with van der Waals surface area (Å²) in [6.07, 6.45) is 0. The van der Waals surface area contributed by atoms with E-state index in [0.29, 0.717) is 6.54 Å². The molecule has 1 aromatic carbocycles. The molecule has 4 nitrogen and oxygen atoms in total. The van der Waals surface area contributed by atoms with Gasteiger partial charge in [-0.1, -0.05) is 12.1 Å². The fraction of sp³-hybridized carbons (Fsp3) is 0.571. The quantitative estimate of drug-likeness (QED) is 0.874. The number of benzene rings is 1. The Kier molecular flexibility index (Phi) is 4.22. The van der Waals surface area contributed by atoms with Crippen LogP contribution in [0.4, 0.5) is 0 Å². The molecular formula is C14H21NO3. The monoisotopic (exact) mass is 251 g/mol. The third kappa shape index (κ3) is 3.22. The van der Waals surface area contributed by atoms with Crippen molar-refractivity contribution < 1.29 is 14.6 Å². The average Bonchev–Trinajstić information content (AvgIpc) is 2.39. The molecule has 1 N–H and O–H groups in total. The average molecular weight is 251 g/mol. The molecule has 18 heavy (non-hydrogen) atoms. The van der Waals surface area contributed by atoms with Crippen LogP contribution in [0.5, 0.6) is 5.75 Å². The summed E-state index contributed by atoms with van der Waals surface area (Å²) in [5.74, 6) is 0.806. The zero-order chi connectivity index (χ0) is 13.0. The van der Waals surface area contributed by atoms with Gasteiger partial charge in [-0.3, -0.25) is 4.90 Å². The van der Waals surface area contributed by atoms with Gasteiger partial charge in [0.15, 0.2) is 0 Å².